The average Bonchev–Trinajstić information content (AvgIpc) is 3.09. The van der Waals surface area contributed by atoms with Gasteiger partial charge in [-0.2, -0.15) is 0 Å². The lowest BCUT2D eigenvalue weighted by atomic mass is 9.75. The van der Waals surface area contributed by atoms with Gasteiger partial charge < -0.3 is 16.0 Å². The zero-order valence-electron chi connectivity index (χ0n) is 20.0. The Hall–Kier alpha value is -3.68. The molecule has 0 atom stereocenters. The molecule has 2 fully saturated rings. The number of hydrogen-bond donors (Lipinski definition) is 3. The number of hydrogen-bond acceptors (Lipinski definition) is 4. The van der Waals surface area contributed by atoms with Crippen LogP contribution in [0.25, 0.3) is 0 Å². The Morgan fingerprint density at radius 2 is 1.71 bits per heavy atom. The number of urea groups is 1. The zero-order chi connectivity index (χ0) is 24.8. The van der Waals surface area contributed by atoms with E-state index in [1.165, 1.54) is 0 Å². The number of rotatable bonds is 8. The average molecular weight is 477 g/mol. The molecule has 0 aromatic heterocycles. The molecule has 8 heteroatoms. The summed E-state index contributed by atoms with van der Waals surface area (Å²) in [5.74, 6) is -0.604. The third-order valence-electron chi connectivity index (χ3n) is 7.07. The molecule has 1 spiro atoms. The highest BCUT2D eigenvalue weighted by Crippen LogP contribution is 2.37. The van der Waals surface area contributed by atoms with Crippen LogP contribution in [0.15, 0.2) is 54.6 Å². The maximum absolute atomic E-state index is 13.1. The minimum atomic E-state index is -0.889. The number of benzene rings is 2. The molecule has 8 nitrogen and oxygen atoms in total. The number of nitrogens with zero attached hydrogens (tertiary/aromatic N) is 1. The fraction of sp³-hybridized carbons (Fsp3) is 0.407. The van der Waals surface area contributed by atoms with Crippen LogP contribution in [-0.2, 0) is 16.0 Å². The SMILES string of the molecule is CCC1CCC2(CC1)NC(=O)N(CC(=O)Nc1ccccc1C(=O)NCCc1ccccc1)C2=O. The highest BCUT2D eigenvalue weighted by molar-refractivity contribution is 6.11. The van der Waals surface area contributed by atoms with Crippen LogP contribution in [0.4, 0.5) is 10.5 Å². The molecule has 184 valence electrons. The first-order valence-corrected chi connectivity index (χ1v) is 12.3. The number of imide groups is 1. The van der Waals surface area contributed by atoms with E-state index in [-0.39, 0.29) is 11.8 Å². The van der Waals surface area contributed by atoms with Gasteiger partial charge in [-0.25, -0.2) is 4.79 Å². The molecule has 0 unspecified atom stereocenters. The lowest BCUT2D eigenvalue weighted by Crippen LogP contribution is -2.49. The van der Waals surface area contributed by atoms with Crippen LogP contribution >= 0.6 is 0 Å². The van der Waals surface area contributed by atoms with Gasteiger partial charge in [0.25, 0.3) is 11.8 Å². The first-order chi connectivity index (χ1) is 16.9. The summed E-state index contributed by atoms with van der Waals surface area (Å²) in [6.45, 7) is 2.19. The molecule has 5 amide bonds. The minimum absolute atomic E-state index is 0.307. The molecule has 4 rings (SSSR count). The maximum Gasteiger partial charge on any atom is 0.325 e. The van der Waals surface area contributed by atoms with Gasteiger partial charge in [0.2, 0.25) is 5.91 Å². The van der Waals surface area contributed by atoms with E-state index < -0.39 is 24.0 Å². The van der Waals surface area contributed by atoms with E-state index in [0.717, 1.165) is 29.7 Å². The van der Waals surface area contributed by atoms with Crippen molar-refractivity contribution in [2.45, 2.75) is 51.0 Å². The van der Waals surface area contributed by atoms with E-state index in [0.29, 0.717) is 43.0 Å². The lowest BCUT2D eigenvalue weighted by molar-refractivity contribution is -0.135. The zero-order valence-corrected chi connectivity index (χ0v) is 20.0. The second-order valence-corrected chi connectivity index (χ2v) is 9.34. The smallest absolute Gasteiger partial charge is 0.325 e. The van der Waals surface area contributed by atoms with Crippen LogP contribution in [0.3, 0.4) is 0 Å². The number of nitrogens with one attached hydrogen (secondary N) is 3. The Morgan fingerprint density at radius 3 is 2.43 bits per heavy atom. The summed E-state index contributed by atoms with van der Waals surface area (Å²) in [6, 6.07) is 16.0. The van der Waals surface area contributed by atoms with E-state index in [1.807, 2.05) is 30.3 Å². The quantitative estimate of drug-likeness (QED) is 0.507. The van der Waals surface area contributed by atoms with Crippen LogP contribution in [-0.4, -0.2) is 47.3 Å². The van der Waals surface area contributed by atoms with Gasteiger partial charge in [0, 0.05) is 6.54 Å². The first kappa shape index (κ1) is 24.4. The molecular weight excluding hydrogens is 444 g/mol. The number of para-hydroxylation sites is 1. The van der Waals surface area contributed by atoms with Crippen molar-refractivity contribution in [2.24, 2.45) is 5.92 Å². The van der Waals surface area contributed by atoms with E-state index >= 15 is 0 Å². The van der Waals surface area contributed by atoms with Crippen LogP contribution < -0.4 is 16.0 Å². The van der Waals surface area contributed by atoms with Crippen LogP contribution in [0.2, 0.25) is 0 Å². The van der Waals surface area contributed by atoms with Gasteiger partial charge in [-0.15, -0.1) is 0 Å². The van der Waals surface area contributed by atoms with Crippen molar-refractivity contribution in [3.8, 4) is 0 Å². The summed E-state index contributed by atoms with van der Waals surface area (Å²) < 4.78 is 0. The van der Waals surface area contributed by atoms with Gasteiger partial charge >= 0.3 is 6.03 Å². The summed E-state index contributed by atoms with van der Waals surface area (Å²) in [4.78, 5) is 52.2. The van der Waals surface area contributed by atoms with Crippen molar-refractivity contribution in [1.29, 1.82) is 0 Å². The standard InChI is InChI=1S/C27H32N4O4/c1-2-19-12-15-27(16-13-19)25(34)31(26(35)30-27)18-23(32)29-22-11-7-6-10-21(22)24(33)28-17-14-20-8-4-3-5-9-20/h3-11,19H,2,12-18H2,1H3,(H,28,33)(H,29,32)(H,30,35). The van der Waals surface area contributed by atoms with E-state index in [1.54, 1.807) is 24.3 Å². The normalized spacial score (nSPS) is 21.6. The van der Waals surface area contributed by atoms with Gasteiger partial charge in [-0.1, -0.05) is 55.8 Å². The first-order valence-electron chi connectivity index (χ1n) is 12.3. The Bertz CT molecular complexity index is 1090. The van der Waals surface area contributed by atoms with Gasteiger partial charge in [0.15, 0.2) is 0 Å². The Balaban J connectivity index is 1.35. The summed E-state index contributed by atoms with van der Waals surface area (Å²) >= 11 is 0. The highest BCUT2D eigenvalue weighted by atomic mass is 16.2. The van der Waals surface area contributed by atoms with Crippen LogP contribution in [0.5, 0.6) is 0 Å². The molecule has 2 aromatic carbocycles. The number of amides is 5. The number of anilines is 1. The highest BCUT2D eigenvalue weighted by Gasteiger charge is 2.52. The van der Waals surface area contributed by atoms with Gasteiger partial charge in [-0.3, -0.25) is 19.3 Å². The fourth-order valence-corrected chi connectivity index (χ4v) is 4.92. The Kier molecular flexibility index (Phi) is 7.48. The molecule has 2 aliphatic rings. The summed E-state index contributed by atoms with van der Waals surface area (Å²) in [5, 5.41) is 8.42. The van der Waals surface area contributed by atoms with Gasteiger partial charge in [-0.05, 0) is 55.7 Å². The Morgan fingerprint density at radius 1 is 1.03 bits per heavy atom. The summed E-state index contributed by atoms with van der Waals surface area (Å²) in [5.41, 5.74) is 0.879. The molecule has 35 heavy (non-hydrogen) atoms. The van der Waals surface area contributed by atoms with Crippen molar-refractivity contribution in [3.63, 3.8) is 0 Å². The molecule has 3 N–H and O–H groups in total. The van der Waals surface area contributed by atoms with Gasteiger partial charge in [0.05, 0.1) is 11.3 Å². The second-order valence-electron chi connectivity index (χ2n) is 9.34. The molecular formula is C27H32N4O4. The van der Waals surface area contributed by atoms with Crippen molar-refractivity contribution in [1.82, 2.24) is 15.5 Å². The maximum atomic E-state index is 13.1. The molecule has 1 saturated heterocycles. The van der Waals surface area contributed by atoms with Crippen LogP contribution in [0, 0.1) is 5.92 Å². The van der Waals surface area contributed by atoms with Gasteiger partial charge in [0.1, 0.15) is 12.1 Å². The predicted molar refractivity (Wildman–Crippen MR) is 133 cm³/mol. The van der Waals surface area contributed by atoms with Crippen LogP contribution in [0.1, 0.15) is 54.9 Å². The lowest BCUT2D eigenvalue weighted by Gasteiger charge is -2.34. The second kappa shape index (κ2) is 10.7. The number of carbonyl (C=O) groups excluding carboxylic acids is 4. The molecule has 1 aliphatic carbocycles. The van der Waals surface area contributed by atoms with E-state index in [2.05, 4.69) is 22.9 Å². The minimum Gasteiger partial charge on any atom is -0.352 e. The molecule has 1 saturated carbocycles. The van der Waals surface area contributed by atoms with Crippen molar-refractivity contribution in [3.05, 3.63) is 65.7 Å². The fourth-order valence-electron chi connectivity index (χ4n) is 4.92. The topological polar surface area (TPSA) is 108 Å². The number of carbonyl (C=O) groups is 4. The van der Waals surface area contributed by atoms with Crippen molar-refractivity contribution >= 4 is 29.4 Å². The molecule has 0 bridgehead atoms. The van der Waals surface area contributed by atoms with Crippen molar-refractivity contribution < 1.29 is 19.2 Å². The van der Waals surface area contributed by atoms with E-state index in [4.69, 9.17) is 0 Å². The summed E-state index contributed by atoms with van der Waals surface area (Å²) in [7, 11) is 0. The predicted octanol–water partition coefficient (Wildman–Crippen LogP) is 3.49. The van der Waals surface area contributed by atoms with E-state index in [9.17, 15) is 19.2 Å². The Labute approximate surface area is 205 Å². The molecule has 2 aromatic rings. The third-order valence-corrected chi connectivity index (χ3v) is 7.07. The monoisotopic (exact) mass is 476 g/mol. The molecule has 0 radical (unpaired) electrons. The molecule has 1 heterocycles. The third kappa shape index (κ3) is 5.53. The van der Waals surface area contributed by atoms with Crippen molar-refractivity contribution in [2.75, 3.05) is 18.4 Å². The largest absolute Gasteiger partial charge is 0.352 e. The molecule has 1 aliphatic heterocycles. The summed E-state index contributed by atoms with van der Waals surface area (Å²) in [6.07, 6.45) is 4.71.